The van der Waals surface area contributed by atoms with Crippen molar-refractivity contribution in [2.24, 2.45) is 0 Å². The molecule has 0 spiro atoms. The van der Waals surface area contributed by atoms with E-state index in [1.165, 1.54) is 22.4 Å². The molecular formula is C23H28N6. The summed E-state index contributed by atoms with van der Waals surface area (Å²) >= 11 is 0. The van der Waals surface area contributed by atoms with E-state index in [-0.39, 0.29) is 0 Å². The maximum Gasteiger partial charge on any atom is 0.159 e. The minimum absolute atomic E-state index is 0.592. The van der Waals surface area contributed by atoms with E-state index < -0.39 is 0 Å². The van der Waals surface area contributed by atoms with Crippen molar-refractivity contribution in [3.8, 4) is 0 Å². The molecule has 0 radical (unpaired) electrons. The smallest absolute Gasteiger partial charge is 0.159 e. The molecule has 1 saturated heterocycles. The minimum atomic E-state index is 0.592. The van der Waals surface area contributed by atoms with Crippen LogP contribution in [-0.2, 0) is 0 Å². The van der Waals surface area contributed by atoms with Crippen molar-refractivity contribution in [3.05, 3.63) is 65.5 Å². The van der Waals surface area contributed by atoms with Crippen LogP contribution in [0, 0.1) is 20.8 Å². The molecule has 29 heavy (non-hydrogen) atoms. The summed E-state index contributed by atoms with van der Waals surface area (Å²) in [4.78, 5) is 13.5. The molecule has 1 aliphatic heterocycles. The molecule has 3 N–H and O–H groups in total. The van der Waals surface area contributed by atoms with E-state index in [1.54, 1.807) is 6.33 Å². The zero-order valence-corrected chi connectivity index (χ0v) is 17.3. The van der Waals surface area contributed by atoms with E-state index in [4.69, 9.17) is 5.73 Å². The number of nitrogens with zero attached hydrogens (tertiary/aromatic N) is 4. The summed E-state index contributed by atoms with van der Waals surface area (Å²) in [7, 11) is 0. The SMILES string of the molecule is Cc1cccc(Nc2ncnc(N3CCN(c4cccc(C)c4C)CC3)c2N)c1. The summed E-state index contributed by atoms with van der Waals surface area (Å²) in [6.45, 7) is 10.1. The molecule has 3 aromatic rings. The summed E-state index contributed by atoms with van der Waals surface area (Å²) in [6, 6.07) is 14.7. The van der Waals surface area contributed by atoms with Crippen LogP contribution in [-0.4, -0.2) is 36.1 Å². The molecule has 150 valence electrons. The number of nitrogen functional groups attached to an aromatic ring is 1. The van der Waals surface area contributed by atoms with Gasteiger partial charge in [0.1, 0.15) is 12.0 Å². The number of nitrogens with two attached hydrogens (primary N) is 1. The number of rotatable bonds is 4. The normalized spacial score (nSPS) is 14.2. The van der Waals surface area contributed by atoms with Gasteiger partial charge in [-0.25, -0.2) is 9.97 Å². The lowest BCUT2D eigenvalue weighted by Crippen LogP contribution is -2.47. The Kier molecular flexibility index (Phi) is 5.25. The Morgan fingerprint density at radius 1 is 0.897 bits per heavy atom. The minimum Gasteiger partial charge on any atom is -0.393 e. The van der Waals surface area contributed by atoms with Gasteiger partial charge in [-0.05, 0) is 55.7 Å². The van der Waals surface area contributed by atoms with Crippen LogP contribution in [0.2, 0.25) is 0 Å². The van der Waals surface area contributed by atoms with Crippen LogP contribution in [0.15, 0.2) is 48.8 Å². The van der Waals surface area contributed by atoms with Gasteiger partial charge in [0.15, 0.2) is 11.6 Å². The van der Waals surface area contributed by atoms with Crippen molar-refractivity contribution in [2.75, 3.05) is 47.0 Å². The first-order chi connectivity index (χ1) is 14.0. The number of aryl methyl sites for hydroxylation is 2. The topological polar surface area (TPSA) is 70.3 Å². The Morgan fingerprint density at radius 3 is 2.38 bits per heavy atom. The highest BCUT2D eigenvalue weighted by Gasteiger charge is 2.22. The van der Waals surface area contributed by atoms with Crippen LogP contribution < -0.4 is 20.9 Å². The quantitative estimate of drug-likeness (QED) is 0.703. The summed E-state index contributed by atoms with van der Waals surface area (Å²) in [5, 5.41) is 3.33. The maximum absolute atomic E-state index is 6.45. The third-order valence-electron chi connectivity index (χ3n) is 5.64. The van der Waals surface area contributed by atoms with Crippen molar-refractivity contribution in [1.82, 2.24) is 9.97 Å². The molecule has 0 atom stereocenters. The van der Waals surface area contributed by atoms with Crippen molar-refractivity contribution in [2.45, 2.75) is 20.8 Å². The molecule has 2 aromatic carbocycles. The third kappa shape index (κ3) is 3.97. The van der Waals surface area contributed by atoms with Crippen LogP contribution in [0.25, 0.3) is 0 Å². The average molecular weight is 389 g/mol. The Balaban J connectivity index is 1.49. The number of benzene rings is 2. The number of nitrogens with one attached hydrogen (secondary N) is 1. The molecule has 0 amide bonds. The van der Waals surface area contributed by atoms with Crippen molar-refractivity contribution < 1.29 is 0 Å². The number of anilines is 5. The molecule has 0 saturated carbocycles. The molecule has 1 aliphatic rings. The van der Waals surface area contributed by atoms with E-state index in [2.05, 4.69) is 76.2 Å². The van der Waals surface area contributed by atoms with Crippen LogP contribution in [0.5, 0.6) is 0 Å². The first kappa shape index (κ1) is 19.1. The number of hydrogen-bond donors (Lipinski definition) is 2. The summed E-state index contributed by atoms with van der Waals surface area (Å²) in [6.07, 6.45) is 1.58. The molecule has 6 nitrogen and oxygen atoms in total. The summed E-state index contributed by atoms with van der Waals surface area (Å²) in [5.74, 6) is 1.45. The molecule has 6 heteroatoms. The fourth-order valence-corrected chi connectivity index (χ4v) is 3.83. The van der Waals surface area contributed by atoms with E-state index in [0.717, 1.165) is 37.7 Å². The second-order valence-corrected chi connectivity index (χ2v) is 7.65. The number of hydrogen-bond acceptors (Lipinski definition) is 6. The lowest BCUT2D eigenvalue weighted by atomic mass is 10.1. The zero-order chi connectivity index (χ0) is 20.4. The van der Waals surface area contributed by atoms with Crippen molar-refractivity contribution in [1.29, 1.82) is 0 Å². The first-order valence-corrected chi connectivity index (χ1v) is 10.0. The zero-order valence-electron chi connectivity index (χ0n) is 17.3. The third-order valence-corrected chi connectivity index (χ3v) is 5.64. The van der Waals surface area contributed by atoms with Crippen LogP contribution in [0.1, 0.15) is 16.7 Å². The molecule has 0 unspecified atom stereocenters. The molecule has 0 bridgehead atoms. The van der Waals surface area contributed by atoms with Gasteiger partial charge >= 0.3 is 0 Å². The highest BCUT2D eigenvalue weighted by molar-refractivity contribution is 5.78. The molecule has 1 aromatic heterocycles. The number of piperazine rings is 1. The van der Waals surface area contributed by atoms with Gasteiger partial charge in [-0.3, -0.25) is 0 Å². The molecule has 4 rings (SSSR count). The largest absolute Gasteiger partial charge is 0.393 e. The van der Waals surface area contributed by atoms with E-state index >= 15 is 0 Å². The highest BCUT2D eigenvalue weighted by atomic mass is 15.3. The maximum atomic E-state index is 6.45. The Hall–Kier alpha value is -3.28. The van der Waals surface area contributed by atoms with E-state index in [0.29, 0.717) is 11.5 Å². The molecular weight excluding hydrogens is 360 g/mol. The van der Waals surface area contributed by atoms with Gasteiger partial charge in [0.25, 0.3) is 0 Å². The molecule has 2 heterocycles. The molecule has 1 fully saturated rings. The van der Waals surface area contributed by atoms with Gasteiger partial charge in [0, 0.05) is 37.6 Å². The van der Waals surface area contributed by atoms with Crippen LogP contribution in [0.3, 0.4) is 0 Å². The second kappa shape index (κ2) is 7.99. The Bertz CT molecular complexity index is 1010. The lowest BCUT2D eigenvalue weighted by molar-refractivity contribution is 0.646. The summed E-state index contributed by atoms with van der Waals surface area (Å²) < 4.78 is 0. The standard InChI is InChI=1S/C23H28N6/c1-16-6-4-8-19(14-16)27-22-21(24)23(26-15-25-22)29-12-10-28(11-13-29)20-9-5-7-17(2)18(20)3/h4-9,14-15H,10-13,24H2,1-3H3,(H,25,26,27). The van der Waals surface area contributed by atoms with Crippen LogP contribution in [0.4, 0.5) is 28.7 Å². The van der Waals surface area contributed by atoms with Gasteiger partial charge < -0.3 is 20.9 Å². The molecule has 0 aliphatic carbocycles. The average Bonchev–Trinajstić information content (AvgIpc) is 2.72. The fourth-order valence-electron chi connectivity index (χ4n) is 3.83. The van der Waals surface area contributed by atoms with E-state index in [9.17, 15) is 0 Å². The van der Waals surface area contributed by atoms with E-state index in [1.807, 2.05) is 12.1 Å². The predicted molar refractivity (Wildman–Crippen MR) is 121 cm³/mol. The lowest BCUT2D eigenvalue weighted by Gasteiger charge is -2.38. The van der Waals surface area contributed by atoms with Gasteiger partial charge in [-0.2, -0.15) is 0 Å². The predicted octanol–water partition coefficient (Wildman–Crippen LogP) is 4.05. The number of aromatic nitrogens is 2. The Morgan fingerprint density at radius 2 is 1.62 bits per heavy atom. The first-order valence-electron chi connectivity index (χ1n) is 10.0. The van der Waals surface area contributed by atoms with Gasteiger partial charge in [-0.15, -0.1) is 0 Å². The van der Waals surface area contributed by atoms with Crippen LogP contribution >= 0.6 is 0 Å². The van der Waals surface area contributed by atoms with Crippen molar-refractivity contribution >= 4 is 28.7 Å². The monoisotopic (exact) mass is 388 g/mol. The second-order valence-electron chi connectivity index (χ2n) is 7.65. The van der Waals surface area contributed by atoms with Gasteiger partial charge in [0.05, 0.1) is 0 Å². The fraction of sp³-hybridized carbons (Fsp3) is 0.304. The van der Waals surface area contributed by atoms with Gasteiger partial charge in [-0.1, -0.05) is 24.3 Å². The summed E-state index contributed by atoms with van der Waals surface area (Å²) in [5.41, 5.74) is 13.2. The highest BCUT2D eigenvalue weighted by Crippen LogP contribution is 2.30. The van der Waals surface area contributed by atoms with Gasteiger partial charge in [0.2, 0.25) is 0 Å². The van der Waals surface area contributed by atoms with Crippen molar-refractivity contribution in [3.63, 3.8) is 0 Å². The Labute approximate surface area is 172 Å².